The number of hydrogen-bond donors (Lipinski definition) is 1. The fraction of sp³-hybridized carbons (Fsp3) is 0.286. The Morgan fingerprint density at radius 3 is 2.72 bits per heavy atom. The molecule has 2 rings (SSSR count). The smallest absolute Gasteiger partial charge is 0.123 e. The van der Waals surface area contributed by atoms with E-state index in [-0.39, 0.29) is 5.82 Å². The van der Waals surface area contributed by atoms with Crippen LogP contribution in [0, 0.1) is 5.82 Å². The lowest BCUT2D eigenvalue weighted by Gasteiger charge is -2.15. The summed E-state index contributed by atoms with van der Waals surface area (Å²) < 4.78 is 14.3. The Morgan fingerprint density at radius 2 is 2.11 bits per heavy atom. The maximum Gasteiger partial charge on any atom is 0.123 e. The molecule has 1 heterocycles. The van der Waals surface area contributed by atoms with E-state index >= 15 is 0 Å². The lowest BCUT2D eigenvalue weighted by molar-refractivity contribution is 0.556. The first-order valence-corrected chi connectivity index (χ1v) is 7.44. The molecule has 1 atom stereocenters. The number of benzene rings is 1. The van der Waals surface area contributed by atoms with Crippen LogP contribution in [0.25, 0.3) is 0 Å². The van der Waals surface area contributed by atoms with Crippen molar-refractivity contribution in [3.05, 3.63) is 56.4 Å². The van der Waals surface area contributed by atoms with E-state index in [0.717, 1.165) is 22.2 Å². The number of halogens is 2. The van der Waals surface area contributed by atoms with Gasteiger partial charge in [0, 0.05) is 10.9 Å². The third kappa shape index (κ3) is 3.90. The molecule has 1 nitrogen and oxygen atoms in total. The standard InChI is InChI=1S/C14H15BrFNS/c1-17-12(9-13-5-6-14(15)18-13)8-10-3-2-4-11(16)7-10/h2-7,12,17H,8-9H2,1H3. The highest BCUT2D eigenvalue weighted by molar-refractivity contribution is 9.11. The normalized spacial score (nSPS) is 12.6. The van der Waals surface area contributed by atoms with E-state index in [2.05, 4.69) is 33.4 Å². The lowest BCUT2D eigenvalue weighted by atomic mass is 10.0. The molecule has 1 aromatic heterocycles. The average Bonchev–Trinajstić information content (AvgIpc) is 2.74. The molecular formula is C14H15BrFNS. The molecule has 1 aromatic carbocycles. The molecule has 0 saturated heterocycles. The number of rotatable bonds is 5. The minimum atomic E-state index is -0.166. The molecule has 1 N–H and O–H groups in total. The highest BCUT2D eigenvalue weighted by Crippen LogP contribution is 2.23. The van der Waals surface area contributed by atoms with Crippen molar-refractivity contribution >= 4 is 27.3 Å². The number of thiophene rings is 1. The number of likely N-dealkylation sites (N-methyl/N-ethyl adjacent to an activating group) is 1. The van der Waals surface area contributed by atoms with Crippen LogP contribution in [0.1, 0.15) is 10.4 Å². The average molecular weight is 328 g/mol. The molecule has 4 heteroatoms. The maximum atomic E-state index is 13.1. The van der Waals surface area contributed by atoms with Crippen LogP contribution in [0.2, 0.25) is 0 Å². The van der Waals surface area contributed by atoms with Gasteiger partial charge in [0.15, 0.2) is 0 Å². The van der Waals surface area contributed by atoms with Crippen LogP contribution >= 0.6 is 27.3 Å². The van der Waals surface area contributed by atoms with E-state index in [1.54, 1.807) is 23.5 Å². The second-order valence-electron chi connectivity index (χ2n) is 4.23. The molecule has 0 bridgehead atoms. The van der Waals surface area contributed by atoms with Crippen molar-refractivity contribution in [3.8, 4) is 0 Å². The van der Waals surface area contributed by atoms with Crippen molar-refractivity contribution in [1.29, 1.82) is 0 Å². The van der Waals surface area contributed by atoms with Crippen LogP contribution < -0.4 is 5.32 Å². The molecule has 0 aliphatic carbocycles. The van der Waals surface area contributed by atoms with Crippen LogP contribution in [0.15, 0.2) is 40.2 Å². The van der Waals surface area contributed by atoms with Crippen LogP contribution in [0.5, 0.6) is 0 Å². The van der Waals surface area contributed by atoms with Gasteiger partial charge in [0.2, 0.25) is 0 Å². The first kappa shape index (κ1) is 13.7. The summed E-state index contributed by atoms with van der Waals surface area (Å²) in [5.74, 6) is -0.166. The van der Waals surface area contributed by atoms with Gasteiger partial charge in [0.1, 0.15) is 5.82 Å². The third-order valence-corrected chi connectivity index (χ3v) is 4.50. The molecule has 0 aliphatic rings. The minimum Gasteiger partial charge on any atom is -0.316 e. The van der Waals surface area contributed by atoms with Crippen molar-refractivity contribution in [2.45, 2.75) is 18.9 Å². The second-order valence-corrected chi connectivity index (χ2v) is 6.78. The molecule has 0 aliphatic heterocycles. The molecule has 1 unspecified atom stereocenters. The zero-order valence-corrected chi connectivity index (χ0v) is 12.5. The summed E-state index contributed by atoms with van der Waals surface area (Å²) in [5.41, 5.74) is 1.03. The van der Waals surface area contributed by atoms with Crippen molar-refractivity contribution in [2.24, 2.45) is 0 Å². The number of hydrogen-bond acceptors (Lipinski definition) is 2. The third-order valence-electron chi connectivity index (χ3n) is 2.86. The van der Waals surface area contributed by atoms with Crippen molar-refractivity contribution < 1.29 is 4.39 Å². The van der Waals surface area contributed by atoms with E-state index in [1.165, 1.54) is 10.9 Å². The molecule has 0 fully saturated rings. The fourth-order valence-electron chi connectivity index (χ4n) is 1.93. The molecule has 0 radical (unpaired) electrons. The SMILES string of the molecule is CNC(Cc1cccc(F)c1)Cc1ccc(Br)s1. The molecule has 0 amide bonds. The van der Waals surface area contributed by atoms with Gasteiger partial charge in [-0.15, -0.1) is 11.3 Å². The van der Waals surface area contributed by atoms with Gasteiger partial charge in [0.25, 0.3) is 0 Å². The zero-order valence-electron chi connectivity index (χ0n) is 10.1. The van der Waals surface area contributed by atoms with Crippen LogP contribution in [-0.2, 0) is 12.8 Å². The Morgan fingerprint density at radius 1 is 1.28 bits per heavy atom. The molecule has 0 spiro atoms. The molecule has 0 saturated carbocycles. The van der Waals surface area contributed by atoms with Gasteiger partial charge in [0.05, 0.1) is 3.79 Å². The van der Waals surface area contributed by atoms with E-state index in [9.17, 15) is 4.39 Å². The number of nitrogens with one attached hydrogen (secondary N) is 1. The van der Waals surface area contributed by atoms with Gasteiger partial charge in [-0.3, -0.25) is 0 Å². The highest BCUT2D eigenvalue weighted by atomic mass is 79.9. The Balaban J connectivity index is 2.01. The van der Waals surface area contributed by atoms with Gasteiger partial charge >= 0.3 is 0 Å². The Labute approximate surface area is 119 Å². The van der Waals surface area contributed by atoms with E-state index < -0.39 is 0 Å². The summed E-state index contributed by atoms with van der Waals surface area (Å²) in [6.45, 7) is 0. The van der Waals surface area contributed by atoms with Crippen LogP contribution in [0.4, 0.5) is 4.39 Å². The Bertz CT molecular complexity index is 512. The van der Waals surface area contributed by atoms with E-state index in [1.807, 2.05) is 13.1 Å². The van der Waals surface area contributed by atoms with Gasteiger partial charge < -0.3 is 5.32 Å². The Kier molecular flexibility index (Phi) is 4.92. The molecule has 18 heavy (non-hydrogen) atoms. The topological polar surface area (TPSA) is 12.0 Å². The predicted octanol–water partition coefficient (Wildman–Crippen LogP) is 4.02. The summed E-state index contributed by atoms with van der Waals surface area (Å²) in [4.78, 5) is 1.33. The summed E-state index contributed by atoms with van der Waals surface area (Å²) in [6.07, 6.45) is 1.80. The highest BCUT2D eigenvalue weighted by Gasteiger charge is 2.10. The van der Waals surface area contributed by atoms with Crippen molar-refractivity contribution in [2.75, 3.05) is 7.05 Å². The zero-order chi connectivity index (χ0) is 13.0. The van der Waals surface area contributed by atoms with Crippen LogP contribution in [0.3, 0.4) is 0 Å². The van der Waals surface area contributed by atoms with Crippen molar-refractivity contribution in [3.63, 3.8) is 0 Å². The first-order valence-electron chi connectivity index (χ1n) is 5.83. The van der Waals surface area contributed by atoms with Gasteiger partial charge in [-0.05, 0) is 65.6 Å². The van der Waals surface area contributed by atoms with Crippen LogP contribution in [-0.4, -0.2) is 13.1 Å². The predicted molar refractivity (Wildman–Crippen MR) is 78.7 cm³/mol. The summed E-state index contributed by atoms with van der Waals surface area (Å²) in [6, 6.07) is 11.3. The summed E-state index contributed by atoms with van der Waals surface area (Å²) in [7, 11) is 1.95. The van der Waals surface area contributed by atoms with Crippen molar-refractivity contribution in [1.82, 2.24) is 5.32 Å². The van der Waals surface area contributed by atoms with E-state index in [4.69, 9.17) is 0 Å². The second kappa shape index (κ2) is 6.45. The maximum absolute atomic E-state index is 13.1. The first-order chi connectivity index (χ1) is 8.67. The fourth-order valence-corrected chi connectivity index (χ4v) is 3.49. The lowest BCUT2D eigenvalue weighted by Crippen LogP contribution is -2.29. The summed E-state index contributed by atoms with van der Waals surface area (Å²) >= 11 is 5.22. The monoisotopic (exact) mass is 327 g/mol. The largest absolute Gasteiger partial charge is 0.316 e. The summed E-state index contributed by atoms with van der Waals surface area (Å²) in [5, 5.41) is 3.30. The Hall–Kier alpha value is -0.710. The van der Waals surface area contributed by atoms with Gasteiger partial charge in [-0.25, -0.2) is 4.39 Å². The van der Waals surface area contributed by atoms with Gasteiger partial charge in [-0.2, -0.15) is 0 Å². The molecule has 2 aromatic rings. The minimum absolute atomic E-state index is 0.166. The molecule has 96 valence electrons. The van der Waals surface area contributed by atoms with E-state index in [0.29, 0.717) is 6.04 Å². The quantitative estimate of drug-likeness (QED) is 0.874. The van der Waals surface area contributed by atoms with Gasteiger partial charge in [-0.1, -0.05) is 12.1 Å². The molecular weight excluding hydrogens is 313 g/mol.